The standard InChI is InChI=1S/C18H11BrClNO/c19-16-11-6-2-3-7-12(11)18(22)15(17(16)20)14-9-10-5-1-4-8-13(10)21-14/h1-9,21-22H. The third kappa shape index (κ3) is 1.93. The minimum absolute atomic E-state index is 0.190. The Hall–Kier alpha value is -1.97. The van der Waals surface area contributed by atoms with Crippen LogP contribution in [0.2, 0.25) is 5.02 Å². The number of hydrogen-bond donors (Lipinski definition) is 2. The predicted molar refractivity (Wildman–Crippen MR) is 95.6 cm³/mol. The van der Waals surface area contributed by atoms with Gasteiger partial charge in [0.05, 0.1) is 16.3 Å². The van der Waals surface area contributed by atoms with Crippen LogP contribution in [0.3, 0.4) is 0 Å². The Labute approximate surface area is 140 Å². The Kier molecular flexibility index (Phi) is 3.13. The van der Waals surface area contributed by atoms with E-state index >= 15 is 0 Å². The van der Waals surface area contributed by atoms with Crippen molar-refractivity contribution in [2.75, 3.05) is 0 Å². The molecular formula is C18H11BrClNO. The summed E-state index contributed by atoms with van der Waals surface area (Å²) in [6.07, 6.45) is 0. The number of benzene rings is 3. The molecule has 3 aromatic carbocycles. The van der Waals surface area contributed by atoms with E-state index in [1.54, 1.807) is 0 Å². The fourth-order valence-corrected chi connectivity index (χ4v) is 3.64. The third-order valence-electron chi connectivity index (χ3n) is 3.87. The first kappa shape index (κ1) is 13.7. The van der Waals surface area contributed by atoms with Crippen LogP contribution in [0, 0.1) is 0 Å². The van der Waals surface area contributed by atoms with Crippen molar-refractivity contribution in [2.24, 2.45) is 0 Å². The normalized spacial score (nSPS) is 11.4. The van der Waals surface area contributed by atoms with E-state index in [1.165, 1.54) is 0 Å². The second-order valence-electron chi connectivity index (χ2n) is 5.17. The number of aromatic hydroxyl groups is 1. The minimum Gasteiger partial charge on any atom is -0.507 e. The van der Waals surface area contributed by atoms with Crippen molar-refractivity contribution in [3.05, 3.63) is 64.1 Å². The van der Waals surface area contributed by atoms with Crippen molar-refractivity contribution in [1.29, 1.82) is 0 Å². The van der Waals surface area contributed by atoms with E-state index in [0.717, 1.165) is 31.8 Å². The van der Waals surface area contributed by atoms with Gasteiger partial charge in [0, 0.05) is 26.1 Å². The van der Waals surface area contributed by atoms with E-state index in [9.17, 15) is 5.11 Å². The Morgan fingerprint density at radius 2 is 1.64 bits per heavy atom. The smallest absolute Gasteiger partial charge is 0.134 e. The molecule has 0 aliphatic rings. The van der Waals surface area contributed by atoms with Crippen molar-refractivity contribution in [3.8, 4) is 17.0 Å². The number of rotatable bonds is 1. The number of phenolic OH excluding ortho intramolecular Hbond substituents is 1. The number of H-pyrrole nitrogens is 1. The average Bonchev–Trinajstić information content (AvgIpc) is 2.96. The highest BCUT2D eigenvalue weighted by molar-refractivity contribution is 9.10. The molecule has 4 rings (SSSR count). The molecule has 2 nitrogen and oxygen atoms in total. The highest BCUT2D eigenvalue weighted by Crippen LogP contribution is 2.46. The van der Waals surface area contributed by atoms with E-state index in [2.05, 4.69) is 20.9 Å². The van der Waals surface area contributed by atoms with Crippen LogP contribution in [0.15, 0.2) is 59.1 Å². The molecule has 0 aliphatic carbocycles. The van der Waals surface area contributed by atoms with Crippen LogP contribution < -0.4 is 0 Å². The van der Waals surface area contributed by atoms with Crippen molar-refractivity contribution >= 4 is 49.2 Å². The first-order valence-corrected chi connectivity index (χ1v) is 8.00. The summed E-state index contributed by atoms with van der Waals surface area (Å²) in [5, 5.41) is 14.0. The number of phenols is 1. The highest BCUT2D eigenvalue weighted by atomic mass is 79.9. The van der Waals surface area contributed by atoms with Gasteiger partial charge in [-0.1, -0.05) is 54.1 Å². The Morgan fingerprint density at radius 3 is 2.41 bits per heavy atom. The molecule has 4 heteroatoms. The molecule has 1 heterocycles. The summed E-state index contributed by atoms with van der Waals surface area (Å²) in [6.45, 7) is 0. The maximum atomic E-state index is 10.7. The largest absolute Gasteiger partial charge is 0.507 e. The number of aromatic nitrogens is 1. The lowest BCUT2D eigenvalue weighted by Gasteiger charge is -2.12. The summed E-state index contributed by atoms with van der Waals surface area (Å²) < 4.78 is 0.788. The molecule has 0 radical (unpaired) electrons. The lowest BCUT2D eigenvalue weighted by atomic mass is 10.0. The molecule has 4 aromatic rings. The summed E-state index contributed by atoms with van der Waals surface area (Å²) in [5.74, 6) is 0.190. The summed E-state index contributed by atoms with van der Waals surface area (Å²) in [4.78, 5) is 3.32. The van der Waals surface area contributed by atoms with Gasteiger partial charge < -0.3 is 10.1 Å². The number of aromatic amines is 1. The van der Waals surface area contributed by atoms with Crippen LogP contribution in [-0.4, -0.2) is 10.1 Å². The van der Waals surface area contributed by atoms with E-state index in [4.69, 9.17) is 11.6 Å². The van der Waals surface area contributed by atoms with Gasteiger partial charge in [0.2, 0.25) is 0 Å². The fraction of sp³-hybridized carbons (Fsp3) is 0. The molecule has 0 amide bonds. The molecule has 0 bridgehead atoms. The average molecular weight is 373 g/mol. The second kappa shape index (κ2) is 5.04. The van der Waals surface area contributed by atoms with Gasteiger partial charge in [-0.15, -0.1) is 0 Å². The van der Waals surface area contributed by atoms with Crippen LogP contribution in [0.1, 0.15) is 0 Å². The zero-order valence-electron chi connectivity index (χ0n) is 11.4. The quantitative estimate of drug-likeness (QED) is 0.415. The van der Waals surface area contributed by atoms with Crippen LogP contribution in [0.5, 0.6) is 5.75 Å². The summed E-state index contributed by atoms with van der Waals surface area (Å²) in [5.41, 5.74) is 2.43. The maximum absolute atomic E-state index is 10.7. The van der Waals surface area contributed by atoms with Crippen molar-refractivity contribution in [1.82, 2.24) is 4.98 Å². The molecule has 2 N–H and O–H groups in total. The number of para-hydroxylation sites is 1. The van der Waals surface area contributed by atoms with Crippen LogP contribution in [0.25, 0.3) is 32.9 Å². The zero-order chi connectivity index (χ0) is 15.3. The molecular weight excluding hydrogens is 362 g/mol. The van der Waals surface area contributed by atoms with Crippen molar-refractivity contribution in [3.63, 3.8) is 0 Å². The van der Waals surface area contributed by atoms with Crippen LogP contribution >= 0.6 is 27.5 Å². The molecule has 0 saturated carbocycles. The molecule has 0 atom stereocenters. The Balaban J connectivity index is 2.10. The van der Waals surface area contributed by atoms with Gasteiger partial charge in [-0.25, -0.2) is 0 Å². The summed E-state index contributed by atoms with van der Waals surface area (Å²) >= 11 is 10.1. The lowest BCUT2D eigenvalue weighted by Crippen LogP contribution is -1.86. The monoisotopic (exact) mass is 371 g/mol. The molecule has 1 aromatic heterocycles. The third-order valence-corrected chi connectivity index (χ3v) is 5.30. The van der Waals surface area contributed by atoms with Gasteiger partial charge in [-0.2, -0.15) is 0 Å². The van der Waals surface area contributed by atoms with Crippen molar-refractivity contribution in [2.45, 2.75) is 0 Å². The van der Waals surface area contributed by atoms with Gasteiger partial charge in [-0.05, 0) is 28.1 Å². The molecule has 22 heavy (non-hydrogen) atoms. The van der Waals surface area contributed by atoms with Crippen LogP contribution in [0.4, 0.5) is 0 Å². The molecule has 0 saturated heterocycles. The molecule has 0 aliphatic heterocycles. The van der Waals surface area contributed by atoms with Gasteiger partial charge in [0.15, 0.2) is 0 Å². The number of nitrogens with one attached hydrogen (secondary N) is 1. The predicted octanol–water partition coefficient (Wildman–Crippen LogP) is 6.11. The van der Waals surface area contributed by atoms with Crippen LogP contribution in [-0.2, 0) is 0 Å². The lowest BCUT2D eigenvalue weighted by molar-refractivity contribution is 0.483. The Bertz CT molecular complexity index is 989. The molecule has 0 spiro atoms. The topological polar surface area (TPSA) is 36.0 Å². The van der Waals surface area contributed by atoms with Gasteiger partial charge >= 0.3 is 0 Å². The van der Waals surface area contributed by atoms with E-state index < -0.39 is 0 Å². The minimum atomic E-state index is 0.190. The van der Waals surface area contributed by atoms with E-state index in [0.29, 0.717) is 10.6 Å². The van der Waals surface area contributed by atoms with Gasteiger partial charge in [0.25, 0.3) is 0 Å². The van der Waals surface area contributed by atoms with Gasteiger partial charge in [-0.3, -0.25) is 0 Å². The first-order valence-electron chi connectivity index (χ1n) is 6.83. The number of halogens is 2. The number of hydrogen-bond acceptors (Lipinski definition) is 1. The maximum Gasteiger partial charge on any atom is 0.134 e. The van der Waals surface area contributed by atoms with E-state index in [1.807, 2.05) is 54.6 Å². The first-order chi connectivity index (χ1) is 10.7. The van der Waals surface area contributed by atoms with Gasteiger partial charge in [0.1, 0.15) is 5.75 Å². The zero-order valence-corrected chi connectivity index (χ0v) is 13.7. The second-order valence-corrected chi connectivity index (χ2v) is 6.34. The molecule has 108 valence electrons. The fourth-order valence-electron chi connectivity index (χ4n) is 2.80. The highest BCUT2D eigenvalue weighted by Gasteiger charge is 2.19. The molecule has 0 unspecified atom stereocenters. The summed E-state index contributed by atoms with van der Waals surface area (Å²) in [7, 11) is 0. The summed E-state index contributed by atoms with van der Waals surface area (Å²) in [6, 6.07) is 17.6. The number of fused-ring (bicyclic) bond motifs is 2. The van der Waals surface area contributed by atoms with E-state index in [-0.39, 0.29) is 5.75 Å². The SMILES string of the molecule is Oc1c(-c2cc3ccccc3[nH]2)c(Cl)c(Br)c2ccccc12. The Morgan fingerprint density at radius 1 is 0.955 bits per heavy atom. The molecule has 0 fully saturated rings. The van der Waals surface area contributed by atoms with Crippen molar-refractivity contribution < 1.29 is 5.11 Å².